The Morgan fingerprint density at radius 1 is 1.31 bits per heavy atom. The summed E-state index contributed by atoms with van der Waals surface area (Å²) in [5.41, 5.74) is 0. The number of nitrogens with zero attached hydrogens (tertiary/aromatic N) is 6. The monoisotopic (exact) mass is 468 g/mol. The Balaban J connectivity index is 1.48. The summed E-state index contributed by atoms with van der Waals surface area (Å²) in [6, 6.07) is -0.163. The van der Waals surface area contributed by atoms with Gasteiger partial charge < -0.3 is 19.5 Å². The van der Waals surface area contributed by atoms with Crippen LogP contribution >= 0.6 is 11.6 Å². The maximum Gasteiger partial charge on any atom is 0.324 e. The van der Waals surface area contributed by atoms with Gasteiger partial charge in [0.2, 0.25) is 5.95 Å². The van der Waals surface area contributed by atoms with Crippen molar-refractivity contribution in [3.8, 4) is 11.8 Å². The van der Waals surface area contributed by atoms with Gasteiger partial charge in [-0.15, -0.1) is 5.10 Å². The van der Waals surface area contributed by atoms with Crippen LogP contribution in [0.15, 0.2) is 22.7 Å². The minimum Gasteiger partial charge on any atom is -0.424 e. The number of aryl methyl sites for hydroxylation is 1. The van der Waals surface area contributed by atoms with Crippen molar-refractivity contribution >= 4 is 23.6 Å². The van der Waals surface area contributed by atoms with Gasteiger partial charge >= 0.3 is 12.0 Å². The molecule has 2 aliphatic rings. The van der Waals surface area contributed by atoms with Crippen molar-refractivity contribution < 1.29 is 23.2 Å². The van der Waals surface area contributed by atoms with E-state index >= 15 is 0 Å². The zero-order valence-corrected chi connectivity index (χ0v) is 17.8. The molecular weight excluding hydrogens is 437 g/mol. The van der Waals surface area contributed by atoms with E-state index in [4.69, 9.17) is 30.5 Å². The Hall–Kier alpha value is -2.88. The predicted octanol–water partition coefficient (Wildman–Crippen LogP) is 4.46. The van der Waals surface area contributed by atoms with Crippen molar-refractivity contribution in [1.29, 1.82) is 0 Å². The molecular formula is C21H25ClFN7O2. The SMILES string of the molecule is [2H]C([2H])([2H])C([2H])(n1nc(NC2C3CCC2CN(c2nc(C)no2)C3)nc1Oc1ccc(F)c(Cl)c1)C([2H])([2H])[2H]. The number of fused-ring (bicyclic) bond motifs is 2. The summed E-state index contributed by atoms with van der Waals surface area (Å²) in [5, 5.41) is 10.9. The lowest BCUT2D eigenvalue weighted by molar-refractivity contribution is 0.340. The third-order valence-electron chi connectivity index (χ3n) is 5.81. The number of hydrogen-bond acceptors (Lipinski definition) is 8. The number of halogens is 2. The predicted molar refractivity (Wildman–Crippen MR) is 117 cm³/mol. The molecule has 1 saturated carbocycles. The Bertz CT molecular complexity index is 1340. The third kappa shape index (κ3) is 3.99. The first-order valence-corrected chi connectivity index (χ1v) is 10.5. The molecule has 3 aromatic rings. The van der Waals surface area contributed by atoms with Crippen molar-refractivity contribution in [2.24, 2.45) is 11.8 Å². The molecule has 0 amide bonds. The van der Waals surface area contributed by atoms with Gasteiger partial charge in [-0.1, -0.05) is 16.8 Å². The van der Waals surface area contributed by atoms with Gasteiger partial charge in [-0.25, -0.2) is 9.07 Å². The molecule has 2 unspecified atom stereocenters. The molecule has 2 bridgehead atoms. The Kier molecular flexibility index (Phi) is 3.68. The van der Waals surface area contributed by atoms with E-state index in [0.29, 0.717) is 29.6 Å². The van der Waals surface area contributed by atoms with E-state index in [2.05, 4.69) is 25.5 Å². The number of benzene rings is 1. The topological polar surface area (TPSA) is 94.1 Å². The van der Waals surface area contributed by atoms with Gasteiger partial charge in [0, 0.05) is 33.4 Å². The molecule has 170 valence electrons. The van der Waals surface area contributed by atoms with Crippen LogP contribution in [0.3, 0.4) is 0 Å². The molecule has 1 aromatic carbocycles. The summed E-state index contributed by atoms with van der Waals surface area (Å²) in [6.07, 6.45) is 1.77. The Morgan fingerprint density at radius 3 is 2.75 bits per heavy atom. The molecule has 1 aliphatic heterocycles. The molecule has 1 saturated heterocycles. The van der Waals surface area contributed by atoms with Crippen LogP contribution in [0.2, 0.25) is 5.02 Å². The molecule has 1 aliphatic carbocycles. The highest BCUT2D eigenvalue weighted by Gasteiger charge is 2.43. The normalized spacial score (nSPS) is 26.9. The fourth-order valence-electron chi connectivity index (χ4n) is 4.39. The number of rotatable bonds is 6. The molecule has 9 nitrogen and oxygen atoms in total. The number of piperidine rings is 1. The molecule has 3 heterocycles. The van der Waals surface area contributed by atoms with Crippen molar-refractivity contribution in [1.82, 2.24) is 24.9 Å². The van der Waals surface area contributed by atoms with Gasteiger partial charge in [0.25, 0.3) is 0 Å². The number of aromatic nitrogens is 5. The molecule has 2 atom stereocenters. The fraction of sp³-hybridized carbons (Fsp3) is 0.524. The molecule has 0 radical (unpaired) electrons. The summed E-state index contributed by atoms with van der Waals surface area (Å²) in [4.78, 5) is 10.5. The van der Waals surface area contributed by atoms with Crippen molar-refractivity contribution in [2.45, 2.75) is 45.5 Å². The first-order chi connectivity index (χ1) is 18.2. The minimum absolute atomic E-state index is 0.0525. The molecule has 2 aromatic heterocycles. The molecule has 0 spiro atoms. The second-order valence-electron chi connectivity index (χ2n) is 7.95. The van der Waals surface area contributed by atoms with E-state index in [-0.39, 0.29) is 34.6 Å². The lowest BCUT2D eigenvalue weighted by Gasteiger charge is -2.37. The van der Waals surface area contributed by atoms with Crippen LogP contribution in [0.4, 0.5) is 16.4 Å². The Labute approximate surface area is 199 Å². The van der Waals surface area contributed by atoms with Gasteiger partial charge in [0.1, 0.15) is 11.6 Å². The summed E-state index contributed by atoms with van der Waals surface area (Å²) in [5.74, 6) is -0.103. The highest BCUT2D eigenvalue weighted by Crippen LogP contribution is 2.40. The smallest absolute Gasteiger partial charge is 0.324 e. The highest BCUT2D eigenvalue weighted by atomic mass is 35.5. The third-order valence-corrected chi connectivity index (χ3v) is 6.10. The van der Waals surface area contributed by atoms with Crippen LogP contribution in [0.5, 0.6) is 11.8 Å². The maximum atomic E-state index is 13.7. The average Bonchev–Trinajstić information content (AvgIpc) is 3.50. The van der Waals surface area contributed by atoms with Crippen LogP contribution in [-0.4, -0.2) is 44.0 Å². The van der Waals surface area contributed by atoms with Gasteiger partial charge in [-0.05, 0) is 57.4 Å². The number of hydrogen-bond donors (Lipinski definition) is 1. The van der Waals surface area contributed by atoms with E-state index in [1.54, 1.807) is 6.92 Å². The fourth-order valence-corrected chi connectivity index (χ4v) is 4.57. The highest BCUT2D eigenvalue weighted by molar-refractivity contribution is 6.30. The van der Waals surface area contributed by atoms with E-state index < -0.39 is 31.5 Å². The van der Waals surface area contributed by atoms with Crippen molar-refractivity contribution in [3.05, 3.63) is 34.9 Å². The average molecular weight is 469 g/mol. The van der Waals surface area contributed by atoms with Crippen LogP contribution in [0, 0.1) is 24.6 Å². The van der Waals surface area contributed by atoms with Gasteiger partial charge in [0.05, 0.1) is 12.4 Å². The summed E-state index contributed by atoms with van der Waals surface area (Å²) in [6.45, 7) is -3.74. The zero-order chi connectivity index (χ0) is 28.3. The summed E-state index contributed by atoms with van der Waals surface area (Å²) in [7, 11) is 0. The van der Waals surface area contributed by atoms with E-state index in [9.17, 15) is 4.39 Å². The van der Waals surface area contributed by atoms with Crippen LogP contribution < -0.4 is 15.0 Å². The van der Waals surface area contributed by atoms with E-state index in [0.717, 1.165) is 25.0 Å². The second-order valence-corrected chi connectivity index (χ2v) is 8.36. The molecule has 11 heteroatoms. The molecule has 5 rings (SSSR count). The van der Waals surface area contributed by atoms with Crippen LogP contribution in [0.25, 0.3) is 0 Å². The lowest BCUT2D eigenvalue weighted by atomic mass is 9.92. The summed E-state index contributed by atoms with van der Waals surface area (Å²) < 4.78 is 81.0. The largest absolute Gasteiger partial charge is 0.424 e. The quantitative estimate of drug-likeness (QED) is 0.566. The standard InChI is InChI=1S/C21H25ClFN7O2/c1-11(2)30-21(31-15-6-7-17(23)16(22)8-15)26-19(27-30)25-18-13-4-5-14(18)10-29(9-13)20-24-12(3)28-32-20/h6-8,11,13-14,18H,4-5,9-10H2,1-3H3,(H,25,27)/i1D3,2D3,11D. The number of anilines is 2. The second kappa shape index (κ2) is 8.23. The number of ether oxygens (including phenoxy) is 1. The van der Waals surface area contributed by atoms with Crippen molar-refractivity contribution in [3.63, 3.8) is 0 Å². The molecule has 32 heavy (non-hydrogen) atoms. The number of nitrogens with one attached hydrogen (secondary N) is 1. The minimum atomic E-state index is -3.35. The van der Waals surface area contributed by atoms with E-state index in [1.165, 1.54) is 6.07 Å². The maximum absolute atomic E-state index is 13.7. The first kappa shape index (κ1) is 14.3. The zero-order valence-electron chi connectivity index (χ0n) is 24.0. The van der Waals surface area contributed by atoms with Gasteiger partial charge in [0.15, 0.2) is 5.82 Å². The molecule has 2 fully saturated rings. The van der Waals surface area contributed by atoms with Crippen LogP contribution in [0.1, 0.15) is 48.0 Å². The van der Waals surface area contributed by atoms with Gasteiger partial charge in [-0.2, -0.15) is 9.97 Å². The van der Waals surface area contributed by atoms with E-state index in [1.807, 2.05) is 4.90 Å². The lowest BCUT2D eigenvalue weighted by Crippen LogP contribution is -2.48. The van der Waals surface area contributed by atoms with Crippen LogP contribution in [-0.2, 0) is 0 Å². The van der Waals surface area contributed by atoms with Gasteiger partial charge in [-0.3, -0.25) is 0 Å². The summed E-state index contributed by atoms with van der Waals surface area (Å²) >= 11 is 5.84. The molecule has 1 N–H and O–H groups in total. The van der Waals surface area contributed by atoms with Crippen molar-refractivity contribution in [2.75, 3.05) is 23.3 Å². The first-order valence-electron chi connectivity index (χ1n) is 13.6. The Morgan fingerprint density at radius 2 is 2.09 bits per heavy atom.